The van der Waals surface area contributed by atoms with E-state index < -0.39 is 0 Å². The van der Waals surface area contributed by atoms with Crippen LogP contribution in [0.25, 0.3) is 5.69 Å². The van der Waals surface area contributed by atoms with Gasteiger partial charge in [0.1, 0.15) is 0 Å². The van der Waals surface area contributed by atoms with Crippen molar-refractivity contribution in [3.63, 3.8) is 0 Å². The van der Waals surface area contributed by atoms with Crippen molar-refractivity contribution in [3.8, 4) is 5.69 Å². The minimum atomic E-state index is -0.0116. The van der Waals surface area contributed by atoms with E-state index in [-0.39, 0.29) is 5.91 Å². The predicted octanol–water partition coefficient (Wildman–Crippen LogP) is 2.79. The first kappa shape index (κ1) is 17.5. The number of likely N-dealkylation sites (tertiary alicyclic amines) is 2. The van der Waals surface area contributed by atoms with Crippen LogP contribution >= 0.6 is 11.6 Å². The largest absolute Gasteiger partial charge is 0.337 e. The van der Waals surface area contributed by atoms with Crippen molar-refractivity contribution >= 4 is 17.5 Å². The third kappa shape index (κ3) is 3.12. The van der Waals surface area contributed by atoms with Gasteiger partial charge in [0, 0.05) is 24.2 Å². The third-order valence-electron chi connectivity index (χ3n) is 5.78. The molecular formula is C19H24ClN5O. The van der Waals surface area contributed by atoms with E-state index in [1.807, 2.05) is 36.1 Å². The molecule has 0 saturated carbocycles. The molecule has 138 valence electrons. The van der Waals surface area contributed by atoms with Gasteiger partial charge in [0.15, 0.2) is 5.69 Å². The molecule has 2 aliphatic heterocycles. The summed E-state index contributed by atoms with van der Waals surface area (Å²) >= 11 is 6.07. The van der Waals surface area contributed by atoms with Gasteiger partial charge in [-0.15, -0.1) is 5.10 Å². The summed E-state index contributed by atoms with van der Waals surface area (Å²) in [6.07, 6.45) is 3.45. The Hall–Kier alpha value is -1.92. The number of amides is 1. The van der Waals surface area contributed by atoms with Gasteiger partial charge in [-0.3, -0.25) is 4.79 Å². The number of halogens is 1. The second-order valence-corrected chi connectivity index (χ2v) is 7.84. The molecule has 2 unspecified atom stereocenters. The first-order valence-electron chi connectivity index (χ1n) is 9.22. The highest BCUT2D eigenvalue weighted by atomic mass is 35.5. The summed E-state index contributed by atoms with van der Waals surface area (Å²) in [4.78, 5) is 17.5. The molecule has 0 bridgehead atoms. The zero-order chi connectivity index (χ0) is 18.3. The van der Waals surface area contributed by atoms with Gasteiger partial charge in [0.25, 0.3) is 5.91 Å². The number of nitrogens with zero attached hydrogens (tertiary/aromatic N) is 5. The van der Waals surface area contributed by atoms with Gasteiger partial charge in [-0.25, -0.2) is 4.68 Å². The summed E-state index contributed by atoms with van der Waals surface area (Å²) < 4.78 is 1.68. The van der Waals surface area contributed by atoms with Crippen LogP contribution in [0.4, 0.5) is 0 Å². The number of aromatic nitrogens is 3. The van der Waals surface area contributed by atoms with Gasteiger partial charge >= 0.3 is 0 Å². The minimum absolute atomic E-state index is 0.0116. The standard InChI is InChI=1S/C19H24ClN5O/c1-13-18(21-22-25(13)16-7-3-6-15(20)11-16)19(26)24-10-8-17-14(12-24)5-4-9-23(17)2/h3,6-7,11,14,17H,4-5,8-10,12H2,1-2H3. The van der Waals surface area contributed by atoms with Crippen molar-refractivity contribution < 1.29 is 4.79 Å². The molecule has 0 N–H and O–H groups in total. The quantitative estimate of drug-likeness (QED) is 0.812. The molecule has 1 aromatic carbocycles. The van der Waals surface area contributed by atoms with E-state index in [9.17, 15) is 4.79 Å². The van der Waals surface area contributed by atoms with Crippen molar-refractivity contribution in [2.45, 2.75) is 32.2 Å². The Bertz CT molecular complexity index is 820. The number of hydrogen-bond donors (Lipinski definition) is 0. The number of hydrogen-bond acceptors (Lipinski definition) is 4. The molecule has 2 aliphatic rings. The number of fused-ring (bicyclic) bond motifs is 1. The Morgan fingerprint density at radius 1 is 1.27 bits per heavy atom. The number of benzene rings is 1. The van der Waals surface area contributed by atoms with E-state index in [4.69, 9.17) is 11.6 Å². The van der Waals surface area contributed by atoms with Crippen molar-refractivity contribution in [1.29, 1.82) is 0 Å². The molecule has 2 aromatic rings. The second kappa shape index (κ2) is 7.00. The van der Waals surface area contributed by atoms with Crippen LogP contribution in [0, 0.1) is 12.8 Å². The molecule has 3 heterocycles. The molecule has 6 nitrogen and oxygen atoms in total. The fourth-order valence-corrected chi connectivity index (χ4v) is 4.55. The fraction of sp³-hybridized carbons (Fsp3) is 0.526. The summed E-state index contributed by atoms with van der Waals surface area (Å²) in [5.41, 5.74) is 2.00. The smallest absolute Gasteiger partial charge is 0.276 e. The average Bonchev–Trinajstić information content (AvgIpc) is 3.02. The van der Waals surface area contributed by atoms with E-state index >= 15 is 0 Å². The van der Waals surface area contributed by atoms with Gasteiger partial charge in [-0.1, -0.05) is 22.9 Å². The van der Waals surface area contributed by atoms with Crippen LogP contribution in [0.15, 0.2) is 24.3 Å². The van der Waals surface area contributed by atoms with Crippen molar-refractivity contribution in [2.24, 2.45) is 5.92 Å². The second-order valence-electron chi connectivity index (χ2n) is 7.41. The minimum Gasteiger partial charge on any atom is -0.337 e. The van der Waals surface area contributed by atoms with E-state index in [1.54, 1.807) is 4.68 Å². The van der Waals surface area contributed by atoms with Crippen LogP contribution in [0.3, 0.4) is 0 Å². The van der Waals surface area contributed by atoms with Crippen LogP contribution in [0.1, 0.15) is 35.4 Å². The van der Waals surface area contributed by atoms with Gasteiger partial charge in [-0.05, 0) is 63.9 Å². The molecule has 26 heavy (non-hydrogen) atoms. The Morgan fingerprint density at radius 2 is 2.12 bits per heavy atom. The van der Waals surface area contributed by atoms with Crippen molar-refractivity contribution in [1.82, 2.24) is 24.8 Å². The van der Waals surface area contributed by atoms with Crippen molar-refractivity contribution in [3.05, 3.63) is 40.7 Å². The van der Waals surface area contributed by atoms with E-state index in [0.717, 1.165) is 30.9 Å². The summed E-state index contributed by atoms with van der Waals surface area (Å²) in [5, 5.41) is 9.01. The molecule has 0 radical (unpaired) electrons. The lowest BCUT2D eigenvalue weighted by atomic mass is 9.84. The van der Waals surface area contributed by atoms with E-state index in [1.165, 1.54) is 19.4 Å². The number of carbonyl (C=O) groups excluding carboxylic acids is 1. The first-order chi connectivity index (χ1) is 12.5. The highest BCUT2D eigenvalue weighted by molar-refractivity contribution is 6.30. The monoisotopic (exact) mass is 373 g/mol. The molecule has 1 aromatic heterocycles. The van der Waals surface area contributed by atoms with Gasteiger partial charge < -0.3 is 9.80 Å². The lowest BCUT2D eigenvalue weighted by Gasteiger charge is -2.45. The summed E-state index contributed by atoms with van der Waals surface area (Å²) in [5.74, 6) is 0.553. The molecule has 4 rings (SSSR count). The SMILES string of the molecule is Cc1c(C(=O)N2CCC3C(CCCN3C)C2)nnn1-c1cccc(Cl)c1. The van der Waals surface area contributed by atoms with Gasteiger partial charge in [-0.2, -0.15) is 0 Å². The molecule has 0 aliphatic carbocycles. The first-order valence-corrected chi connectivity index (χ1v) is 9.60. The Morgan fingerprint density at radius 3 is 2.92 bits per heavy atom. The molecule has 1 amide bonds. The van der Waals surface area contributed by atoms with Crippen LogP contribution in [-0.4, -0.2) is 63.4 Å². The van der Waals surface area contributed by atoms with E-state index in [0.29, 0.717) is 22.7 Å². The number of rotatable bonds is 2. The Balaban J connectivity index is 1.54. The van der Waals surface area contributed by atoms with Crippen molar-refractivity contribution in [2.75, 3.05) is 26.7 Å². The lowest BCUT2D eigenvalue weighted by molar-refractivity contribution is 0.0312. The van der Waals surface area contributed by atoms with Crippen LogP contribution in [-0.2, 0) is 0 Å². The van der Waals surface area contributed by atoms with Crippen LogP contribution in [0.2, 0.25) is 5.02 Å². The molecule has 2 saturated heterocycles. The highest BCUT2D eigenvalue weighted by Gasteiger charge is 2.37. The highest BCUT2D eigenvalue weighted by Crippen LogP contribution is 2.30. The molecular weight excluding hydrogens is 350 g/mol. The average molecular weight is 374 g/mol. The maximum absolute atomic E-state index is 13.1. The van der Waals surface area contributed by atoms with Gasteiger partial charge in [0.2, 0.25) is 0 Å². The molecule has 7 heteroatoms. The fourth-order valence-electron chi connectivity index (χ4n) is 4.37. The van der Waals surface area contributed by atoms with Crippen LogP contribution in [0.5, 0.6) is 0 Å². The Labute approximate surface area is 158 Å². The van der Waals surface area contributed by atoms with Crippen LogP contribution < -0.4 is 0 Å². The number of piperidine rings is 2. The molecule has 2 fully saturated rings. The molecule has 0 spiro atoms. The van der Waals surface area contributed by atoms with Gasteiger partial charge in [0.05, 0.1) is 11.4 Å². The third-order valence-corrected chi connectivity index (χ3v) is 6.02. The topological polar surface area (TPSA) is 54.3 Å². The maximum Gasteiger partial charge on any atom is 0.276 e. The predicted molar refractivity (Wildman–Crippen MR) is 101 cm³/mol. The Kier molecular flexibility index (Phi) is 4.71. The summed E-state index contributed by atoms with van der Waals surface area (Å²) in [7, 11) is 2.20. The summed E-state index contributed by atoms with van der Waals surface area (Å²) in [6.45, 7) is 4.66. The molecule has 2 atom stereocenters. The zero-order valence-electron chi connectivity index (χ0n) is 15.2. The lowest BCUT2D eigenvalue weighted by Crippen LogP contribution is -2.54. The maximum atomic E-state index is 13.1. The normalized spacial score (nSPS) is 23.7. The number of carbonyl (C=O) groups is 1. The van der Waals surface area contributed by atoms with E-state index in [2.05, 4.69) is 22.3 Å². The summed E-state index contributed by atoms with van der Waals surface area (Å²) in [6, 6.07) is 8.02. The zero-order valence-corrected chi connectivity index (χ0v) is 16.0.